The van der Waals surface area contributed by atoms with E-state index in [4.69, 9.17) is 5.26 Å². The van der Waals surface area contributed by atoms with Crippen LogP contribution in [0, 0.1) is 17.1 Å². The number of allylic oxidation sites excluding steroid dienone is 1. The first-order valence-corrected chi connectivity index (χ1v) is 5.81. The zero-order valence-corrected chi connectivity index (χ0v) is 10.4. The third-order valence-corrected chi connectivity index (χ3v) is 2.67. The molecular formula is C16H10FNO2. The number of benzene rings is 2. The van der Waals surface area contributed by atoms with Gasteiger partial charge in [0.05, 0.1) is 17.2 Å². The van der Waals surface area contributed by atoms with Crippen LogP contribution in [0.2, 0.25) is 0 Å². The van der Waals surface area contributed by atoms with Gasteiger partial charge in [-0.05, 0) is 35.9 Å². The molecule has 3 nitrogen and oxygen atoms in total. The van der Waals surface area contributed by atoms with Crippen molar-refractivity contribution in [1.82, 2.24) is 0 Å². The Hall–Kier alpha value is -2.93. The number of phenolic OH excluding ortho intramolecular Hbond substituents is 1. The first kappa shape index (κ1) is 13.5. The molecule has 0 aromatic heterocycles. The van der Waals surface area contributed by atoms with Crippen LogP contribution in [-0.2, 0) is 0 Å². The topological polar surface area (TPSA) is 61.1 Å². The fourth-order valence-corrected chi connectivity index (χ4v) is 1.69. The third kappa shape index (κ3) is 3.09. The van der Waals surface area contributed by atoms with Gasteiger partial charge in [0.1, 0.15) is 11.6 Å². The highest BCUT2D eigenvalue weighted by Crippen LogP contribution is 2.19. The maximum absolute atomic E-state index is 12.8. The lowest BCUT2D eigenvalue weighted by Gasteiger charge is -2.00. The highest BCUT2D eigenvalue weighted by Gasteiger charge is 2.08. The summed E-state index contributed by atoms with van der Waals surface area (Å²) in [5.41, 5.74) is 1.21. The molecule has 0 aliphatic heterocycles. The molecule has 0 atom stereocenters. The van der Waals surface area contributed by atoms with Crippen molar-refractivity contribution in [3.63, 3.8) is 0 Å². The lowest BCUT2D eigenvalue weighted by atomic mass is 10.1. The van der Waals surface area contributed by atoms with Gasteiger partial charge in [-0.15, -0.1) is 0 Å². The Morgan fingerprint density at radius 1 is 1.25 bits per heavy atom. The number of hydrogen-bond acceptors (Lipinski definition) is 3. The lowest BCUT2D eigenvalue weighted by Crippen LogP contribution is -1.95. The maximum Gasteiger partial charge on any atom is 0.189 e. The molecule has 0 unspecified atom stereocenters. The van der Waals surface area contributed by atoms with Crippen molar-refractivity contribution in [2.45, 2.75) is 0 Å². The Morgan fingerprint density at radius 2 is 2.05 bits per heavy atom. The highest BCUT2D eigenvalue weighted by atomic mass is 19.1. The summed E-state index contributed by atoms with van der Waals surface area (Å²) < 4.78 is 12.8. The summed E-state index contributed by atoms with van der Waals surface area (Å²) in [6.45, 7) is 0. The summed E-state index contributed by atoms with van der Waals surface area (Å²) in [6, 6.07) is 12.0. The summed E-state index contributed by atoms with van der Waals surface area (Å²) in [5, 5.41) is 18.3. The van der Waals surface area contributed by atoms with E-state index in [1.54, 1.807) is 24.3 Å². The van der Waals surface area contributed by atoms with Gasteiger partial charge >= 0.3 is 0 Å². The van der Waals surface area contributed by atoms with E-state index < -0.39 is 17.3 Å². The number of rotatable bonds is 3. The standard InChI is InChI=1S/C16H10FNO2/c17-13-5-6-14(16(20)9-13)15(19)7-4-11-2-1-3-12(8-11)10-18/h1-9,20H/b7-4+. The van der Waals surface area contributed by atoms with Gasteiger partial charge in [0.15, 0.2) is 5.78 Å². The first-order valence-electron chi connectivity index (χ1n) is 5.81. The Balaban J connectivity index is 2.22. The van der Waals surface area contributed by atoms with E-state index in [2.05, 4.69) is 0 Å². The molecule has 0 bridgehead atoms. The molecule has 0 saturated carbocycles. The van der Waals surface area contributed by atoms with Crippen molar-refractivity contribution in [1.29, 1.82) is 5.26 Å². The van der Waals surface area contributed by atoms with E-state index in [9.17, 15) is 14.3 Å². The van der Waals surface area contributed by atoms with Gasteiger partial charge in [0.2, 0.25) is 0 Å². The van der Waals surface area contributed by atoms with Gasteiger partial charge < -0.3 is 5.11 Å². The van der Waals surface area contributed by atoms with Crippen LogP contribution in [-0.4, -0.2) is 10.9 Å². The van der Waals surface area contributed by atoms with Crippen LogP contribution in [0.25, 0.3) is 6.08 Å². The molecule has 4 heteroatoms. The lowest BCUT2D eigenvalue weighted by molar-refractivity contribution is 0.104. The molecular weight excluding hydrogens is 257 g/mol. The fraction of sp³-hybridized carbons (Fsp3) is 0. The van der Waals surface area contributed by atoms with Crippen LogP contribution < -0.4 is 0 Å². The van der Waals surface area contributed by atoms with Crippen LogP contribution in [0.3, 0.4) is 0 Å². The van der Waals surface area contributed by atoms with Crippen molar-refractivity contribution >= 4 is 11.9 Å². The van der Waals surface area contributed by atoms with Crippen molar-refractivity contribution in [2.75, 3.05) is 0 Å². The molecule has 2 rings (SSSR count). The molecule has 20 heavy (non-hydrogen) atoms. The maximum atomic E-state index is 12.8. The van der Waals surface area contributed by atoms with E-state index >= 15 is 0 Å². The van der Waals surface area contributed by atoms with Gasteiger partial charge in [-0.2, -0.15) is 5.26 Å². The van der Waals surface area contributed by atoms with Crippen LogP contribution in [0.1, 0.15) is 21.5 Å². The zero-order chi connectivity index (χ0) is 14.5. The van der Waals surface area contributed by atoms with E-state index in [1.807, 2.05) is 6.07 Å². The van der Waals surface area contributed by atoms with Crippen LogP contribution in [0.15, 0.2) is 48.5 Å². The zero-order valence-electron chi connectivity index (χ0n) is 10.4. The number of carbonyl (C=O) groups excluding carboxylic acids is 1. The summed E-state index contributed by atoms with van der Waals surface area (Å²) in [7, 11) is 0. The Labute approximate surface area is 115 Å². The largest absolute Gasteiger partial charge is 0.507 e. The minimum Gasteiger partial charge on any atom is -0.507 e. The van der Waals surface area contributed by atoms with Gasteiger partial charge in [0.25, 0.3) is 0 Å². The van der Waals surface area contributed by atoms with Gasteiger partial charge in [-0.3, -0.25) is 4.79 Å². The van der Waals surface area contributed by atoms with Crippen molar-refractivity contribution in [3.8, 4) is 11.8 Å². The average molecular weight is 267 g/mol. The first-order chi connectivity index (χ1) is 9.60. The minimum absolute atomic E-state index is 0.0269. The summed E-state index contributed by atoms with van der Waals surface area (Å²) >= 11 is 0. The van der Waals surface area contributed by atoms with E-state index in [-0.39, 0.29) is 5.56 Å². The number of carbonyl (C=O) groups is 1. The second kappa shape index (κ2) is 5.81. The number of aromatic hydroxyl groups is 1. The van der Waals surface area contributed by atoms with Gasteiger partial charge in [-0.1, -0.05) is 18.2 Å². The molecule has 0 aliphatic rings. The van der Waals surface area contributed by atoms with Crippen molar-refractivity contribution in [3.05, 3.63) is 71.0 Å². The molecule has 1 N–H and O–H groups in total. The Bertz CT molecular complexity index is 729. The van der Waals surface area contributed by atoms with E-state index in [0.29, 0.717) is 11.1 Å². The molecule has 2 aromatic carbocycles. The predicted octanol–water partition coefficient (Wildman–Crippen LogP) is 3.30. The highest BCUT2D eigenvalue weighted by molar-refractivity contribution is 6.08. The van der Waals surface area contributed by atoms with Crippen molar-refractivity contribution < 1.29 is 14.3 Å². The number of halogens is 1. The Kier molecular flexibility index (Phi) is 3.92. The summed E-state index contributed by atoms with van der Waals surface area (Å²) in [5.74, 6) is -1.44. The van der Waals surface area contributed by atoms with Gasteiger partial charge in [0, 0.05) is 6.07 Å². The second-order valence-corrected chi connectivity index (χ2v) is 4.10. The number of nitrogens with zero attached hydrogens (tertiary/aromatic N) is 1. The SMILES string of the molecule is N#Cc1cccc(/C=C/C(=O)c2ccc(F)cc2O)c1. The molecule has 2 aromatic rings. The summed E-state index contributed by atoms with van der Waals surface area (Å²) in [4.78, 5) is 11.9. The third-order valence-electron chi connectivity index (χ3n) is 2.67. The quantitative estimate of drug-likeness (QED) is 0.685. The van der Waals surface area contributed by atoms with Crippen LogP contribution in [0.5, 0.6) is 5.75 Å². The second-order valence-electron chi connectivity index (χ2n) is 4.10. The predicted molar refractivity (Wildman–Crippen MR) is 72.6 cm³/mol. The molecule has 0 saturated heterocycles. The average Bonchev–Trinajstić information content (AvgIpc) is 2.45. The monoisotopic (exact) mass is 267 g/mol. The molecule has 0 radical (unpaired) electrons. The Morgan fingerprint density at radius 3 is 2.75 bits per heavy atom. The molecule has 0 fully saturated rings. The smallest absolute Gasteiger partial charge is 0.189 e. The summed E-state index contributed by atoms with van der Waals surface area (Å²) in [6.07, 6.45) is 2.80. The molecule has 0 amide bonds. The van der Waals surface area contributed by atoms with Gasteiger partial charge in [-0.25, -0.2) is 4.39 Å². The number of hydrogen-bond donors (Lipinski definition) is 1. The molecule has 0 aliphatic carbocycles. The number of nitriles is 1. The van der Waals surface area contributed by atoms with Crippen LogP contribution in [0.4, 0.5) is 4.39 Å². The fourth-order valence-electron chi connectivity index (χ4n) is 1.69. The van der Waals surface area contributed by atoms with Crippen LogP contribution >= 0.6 is 0 Å². The molecule has 0 spiro atoms. The van der Waals surface area contributed by atoms with Crippen molar-refractivity contribution in [2.24, 2.45) is 0 Å². The normalized spacial score (nSPS) is 10.4. The number of phenols is 1. The minimum atomic E-state index is -0.607. The van der Waals surface area contributed by atoms with E-state index in [1.165, 1.54) is 18.2 Å². The number of ketones is 1. The molecule has 0 heterocycles. The molecule has 98 valence electrons. The van der Waals surface area contributed by atoms with E-state index in [0.717, 1.165) is 12.1 Å².